The van der Waals surface area contributed by atoms with Crippen molar-refractivity contribution in [3.05, 3.63) is 28.3 Å². The molecule has 2 aliphatic rings. The van der Waals surface area contributed by atoms with Crippen LogP contribution in [0.3, 0.4) is 0 Å². The number of hydrogen-bond acceptors (Lipinski definition) is 6. The molecular weight excluding hydrogens is 336 g/mol. The predicted molar refractivity (Wildman–Crippen MR) is 98.7 cm³/mol. The Morgan fingerprint density at radius 2 is 1.96 bits per heavy atom. The lowest BCUT2D eigenvalue weighted by Crippen LogP contribution is -2.55. The zero-order chi connectivity index (χ0) is 18.7. The first-order chi connectivity index (χ1) is 12.5. The highest BCUT2D eigenvalue weighted by atomic mass is 16.6. The molecule has 0 N–H and O–H groups in total. The molecule has 2 saturated heterocycles. The Morgan fingerprint density at radius 1 is 1.23 bits per heavy atom. The number of nitro benzene ring substituents is 1. The number of piperazine rings is 1. The van der Waals surface area contributed by atoms with Crippen molar-refractivity contribution in [1.29, 1.82) is 0 Å². The van der Waals surface area contributed by atoms with Crippen molar-refractivity contribution >= 4 is 17.3 Å². The van der Waals surface area contributed by atoms with E-state index in [-0.39, 0.29) is 11.6 Å². The number of carbonyl (C=O) groups excluding carboxylic acids is 1. The zero-order valence-corrected chi connectivity index (χ0v) is 15.4. The highest BCUT2D eigenvalue weighted by Gasteiger charge is 2.29. The molecule has 0 aliphatic carbocycles. The Bertz CT molecular complexity index is 673. The lowest BCUT2D eigenvalue weighted by atomic mass is 10.0. The molecule has 2 fully saturated rings. The van der Waals surface area contributed by atoms with Crippen molar-refractivity contribution in [2.24, 2.45) is 0 Å². The summed E-state index contributed by atoms with van der Waals surface area (Å²) in [4.78, 5) is 28.8. The maximum Gasteiger partial charge on any atom is 0.311 e. The van der Waals surface area contributed by atoms with E-state index in [1.54, 1.807) is 19.1 Å². The fraction of sp³-hybridized carbons (Fsp3) is 0.611. The average molecular weight is 362 g/mol. The van der Waals surface area contributed by atoms with Crippen molar-refractivity contribution in [1.82, 2.24) is 9.80 Å². The molecule has 1 aromatic carbocycles. The van der Waals surface area contributed by atoms with Gasteiger partial charge in [0.15, 0.2) is 5.75 Å². The second kappa shape index (κ2) is 7.90. The Labute approximate surface area is 153 Å². The van der Waals surface area contributed by atoms with Gasteiger partial charge in [0.25, 0.3) is 0 Å². The monoisotopic (exact) mass is 362 g/mol. The average Bonchev–Trinajstić information content (AvgIpc) is 2.67. The lowest BCUT2D eigenvalue weighted by Gasteiger charge is -2.43. The fourth-order valence-electron chi connectivity index (χ4n) is 3.90. The standard InChI is InChI=1S/C18H26N4O4/c1-14(23)19-8-10-20(11-9-19)16-4-3-7-21(13-16)15-5-6-17(22(24)25)18(12-15)26-2/h5-6,12,16H,3-4,7-11,13H2,1-2H3. The number of piperidine rings is 1. The number of nitrogens with zero attached hydrogens (tertiary/aromatic N) is 4. The van der Waals surface area contributed by atoms with Gasteiger partial charge in [0.2, 0.25) is 5.91 Å². The molecule has 26 heavy (non-hydrogen) atoms. The second-order valence-electron chi connectivity index (χ2n) is 6.90. The van der Waals surface area contributed by atoms with Gasteiger partial charge in [0.05, 0.1) is 12.0 Å². The van der Waals surface area contributed by atoms with E-state index >= 15 is 0 Å². The lowest BCUT2D eigenvalue weighted by molar-refractivity contribution is -0.385. The molecule has 0 radical (unpaired) electrons. The van der Waals surface area contributed by atoms with Gasteiger partial charge in [0.1, 0.15) is 0 Å². The number of nitro groups is 1. The first kappa shape index (κ1) is 18.4. The molecule has 3 rings (SSSR count). The van der Waals surface area contributed by atoms with Crippen LogP contribution in [0, 0.1) is 10.1 Å². The molecule has 0 saturated carbocycles. The summed E-state index contributed by atoms with van der Waals surface area (Å²) < 4.78 is 5.20. The molecule has 0 aromatic heterocycles. The van der Waals surface area contributed by atoms with Gasteiger partial charge in [0, 0.05) is 70.1 Å². The number of hydrogen-bond donors (Lipinski definition) is 0. The minimum Gasteiger partial charge on any atom is -0.490 e. The van der Waals surface area contributed by atoms with Crippen LogP contribution in [-0.4, -0.2) is 73.1 Å². The molecule has 0 spiro atoms. The van der Waals surface area contributed by atoms with E-state index in [1.807, 2.05) is 4.90 Å². The smallest absolute Gasteiger partial charge is 0.311 e. The molecule has 1 atom stereocenters. The normalized spacial score (nSPS) is 21.5. The molecule has 2 aliphatic heterocycles. The van der Waals surface area contributed by atoms with Crippen molar-refractivity contribution < 1.29 is 14.5 Å². The summed E-state index contributed by atoms with van der Waals surface area (Å²) in [5.41, 5.74) is 0.949. The number of ether oxygens (including phenoxy) is 1. The number of amides is 1. The maximum atomic E-state index is 11.5. The largest absolute Gasteiger partial charge is 0.490 e. The third kappa shape index (κ3) is 3.90. The fourth-order valence-corrected chi connectivity index (χ4v) is 3.90. The molecule has 8 heteroatoms. The van der Waals surface area contributed by atoms with Gasteiger partial charge in [-0.05, 0) is 18.9 Å². The van der Waals surface area contributed by atoms with Gasteiger partial charge in [-0.3, -0.25) is 19.8 Å². The topological polar surface area (TPSA) is 79.2 Å². The first-order valence-electron chi connectivity index (χ1n) is 9.06. The maximum absolute atomic E-state index is 11.5. The molecule has 142 valence electrons. The van der Waals surface area contributed by atoms with E-state index in [1.165, 1.54) is 13.2 Å². The van der Waals surface area contributed by atoms with Crippen LogP contribution in [-0.2, 0) is 4.79 Å². The molecule has 2 heterocycles. The van der Waals surface area contributed by atoms with Crippen molar-refractivity contribution in [2.45, 2.75) is 25.8 Å². The van der Waals surface area contributed by atoms with Crippen molar-refractivity contribution in [3.8, 4) is 5.75 Å². The molecule has 8 nitrogen and oxygen atoms in total. The summed E-state index contributed by atoms with van der Waals surface area (Å²) in [6.07, 6.45) is 2.22. The summed E-state index contributed by atoms with van der Waals surface area (Å²) in [5, 5.41) is 11.1. The summed E-state index contributed by atoms with van der Waals surface area (Å²) >= 11 is 0. The molecule has 0 bridgehead atoms. The summed E-state index contributed by atoms with van der Waals surface area (Å²) in [5.74, 6) is 0.442. The third-order valence-electron chi connectivity index (χ3n) is 5.40. The van der Waals surface area contributed by atoms with Crippen LogP contribution in [0.4, 0.5) is 11.4 Å². The van der Waals surface area contributed by atoms with Crippen LogP contribution >= 0.6 is 0 Å². The van der Waals surface area contributed by atoms with E-state index in [9.17, 15) is 14.9 Å². The minimum atomic E-state index is -0.421. The highest BCUT2D eigenvalue weighted by molar-refractivity contribution is 5.73. The predicted octanol–water partition coefficient (Wildman–Crippen LogP) is 1.74. The van der Waals surface area contributed by atoms with E-state index in [2.05, 4.69) is 9.80 Å². The summed E-state index contributed by atoms with van der Waals surface area (Å²) in [7, 11) is 1.46. The van der Waals surface area contributed by atoms with Gasteiger partial charge in [-0.2, -0.15) is 0 Å². The Morgan fingerprint density at radius 3 is 2.58 bits per heavy atom. The second-order valence-corrected chi connectivity index (χ2v) is 6.90. The molecule has 1 amide bonds. The van der Waals surface area contributed by atoms with Crippen LogP contribution in [0.25, 0.3) is 0 Å². The van der Waals surface area contributed by atoms with Crippen LogP contribution in [0.2, 0.25) is 0 Å². The summed E-state index contributed by atoms with van der Waals surface area (Å²) in [6.45, 7) is 6.84. The number of benzene rings is 1. The van der Waals surface area contributed by atoms with Gasteiger partial charge in [-0.15, -0.1) is 0 Å². The number of anilines is 1. The number of carbonyl (C=O) groups is 1. The number of methoxy groups -OCH3 is 1. The zero-order valence-electron chi connectivity index (χ0n) is 15.4. The summed E-state index contributed by atoms with van der Waals surface area (Å²) in [6, 6.07) is 5.52. The van der Waals surface area contributed by atoms with Crippen LogP contribution in [0.1, 0.15) is 19.8 Å². The van der Waals surface area contributed by atoms with Crippen molar-refractivity contribution in [3.63, 3.8) is 0 Å². The van der Waals surface area contributed by atoms with Gasteiger partial charge >= 0.3 is 5.69 Å². The van der Waals surface area contributed by atoms with Gasteiger partial charge in [-0.25, -0.2) is 0 Å². The quantitative estimate of drug-likeness (QED) is 0.600. The number of rotatable bonds is 4. The van der Waals surface area contributed by atoms with E-state index in [0.29, 0.717) is 11.8 Å². The van der Waals surface area contributed by atoms with Gasteiger partial charge in [-0.1, -0.05) is 0 Å². The van der Waals surface area contributed by atoms with Crippen LogP contribution in [0.5, 0.6) is 5.75 Å². The van der Waals surface area contributed by atoms with E-state index in [4.69, 9.17) is 4.74 Å². The molecule has 1 unspecified atom stereocenters. The SMILES string of the molecule is COc1cc(N2CCCC(N3CCN(C(C)=O)CC3)C2)ccc1[N+](=O)[O-]. The Hall–Kier alpha value is -2.35. The van der Waals surface area contributed by atoms with Crippen LogP contribution in [0.15, 0.2) is 18.2 Å². The van der Waals surface area contributed by atoms with E-state index in [0.717, 1.165) is 57.8 Å². The van der Waals surface area contributed by atoms with Crippen molar-refractivity contribution in [2.75, 3.05) is 51.3 Å². The highest BCUT2D eigenvalue weighted by Crippen LogP contribution is 2.33. The van der Waals surface area contributed by atoms with E-state index < -0.39 is 4.92 Å². The first-order valence-corrected chi connectivity index (χ1v) is 9.06. The Kier molecular flexibility index (Phi) is 5.61. The van der Waals surface area contributed by atoms with Crippen LogP contribution < -0.4 is 9.64 Å². The third-order valence-corrected chi connectivity index (χ3v) is 5.40. The van der Waals surface area contributed by atoms with Gasteiger partial charge < -0.3 is 14.5 Å². The molecular formula is C18H26N4O4. The molecule has 1 aromatic rings. The Balaban J connectivity index is 1.67. The minimum absolute atomic E-state index is 0.00911.